The van der Waals surface area contributed by atoms with Crippen LogP contribution >= 0.6 is 11.6 Å². The number of rotatable bonds is 3. The zero-order valence-corrected chi connectivity index (χ0v) is 13.4. The van der Waals surface area contributed by atoms with Crippen LogP contribution in [0.4, 0.5) is 11.6 Å². The third kappa shape index (κ3) is 2.92. The van der Waals surface area contributed by atoms with Gasteiger partial charge in [-0.2, -0.15) is 0 Å². The van der Waals surface area contributed by atoms with Crippen LogP contribution < -0.4 is 5.32 Å². The Kier molecular flexibility index (Phi) is 3.81. The van der Waals surface area contributed by atoms with Crippen LogP contribution in [0.15, 0.2) is 73.1 Å². The van der Waals surface area contributed by atoms with Crippen LogP contribution in [-0.2, 0) is 0 Å². The van der Waals surface area contributed by atoms with Crippen LogP contribution in [0, 0.1) is 0 Å². The number of pyridine rings is 1. The highest BCUT2D eigenvalue weighted by Crippen LogP contribution is 2.26. The lowest BCUT2D eigenvalue weighted by Crippen LogP contribution is -1.98. The van der Waals surface area contributed by atoms with Crippen molar-refractivity contribution in [1.82, 2.24) is 15.0 Å². The van der Waals surface area contributed by atoms with E-state index in [-0.39, 0.29) is 0 Å². The Morgan fingerprint density at radius 3 is 2.62 bits per heavy atom. The number of nitrogens with zero attached hydrogens (tertiary/aromatic N) is 3. The summed E-state index contributed by atoms with van der Waals surface area (Å²) >= 11 is 6.02. The Morgan fingerprint density at radius 2 is 1.71 bits per heavy atom. The van der Waals surface area contributed by atoms with E-state index >= 15 is 0 Å². The maximum Gasteiger partial charge on any atom is 0.227 e. The fourth-order valence-electron chi connectivity index (χ4n) is 2.58. The van der Waals surface area contributed by atoms with Crippen LogP contribution in [0.25, 0.3) is 22.2 Å². The molecule has 0 fully saturated rings. The summed E-state index contributed by atoms with van der Waals surface area (Å²) in [6, 6.07) is 19.3. The third-order valence-electron chi connectivity index (χ3n) is 3.66. The molecule has 0 amide bonds. The van der Waals surface area contributed by atoms with E-state index in [9.17, 15) is 0 Å². The summed E-state index contributed by atoms with van der Waals surface area (Å²) in [7, 11) is 0. The summed E-state index contributed by atoms with van der Waals surface area (Å²) < 4.78 is 0. The number of fused-ring (bicyclic) bond motifs is 1. The van der Waals surface area contributed by atoms with Crippen LogP contribution in [0.2, 0.25) is 5.02 Å². The van der Waals surface area contributed by atoms with Gasteiger partial charge in [-0.25, -0.2) is 9.97 Å². The molecule has 2 heterocycles. The average Bonchev–Trinajstić information content (AvgIpc) is 2.61. The topological polar surface area (TPSA) is 50.7 Å². The van der Waals surface area contributed by atoms with Crippen LogP contribution in [-0.4, -0.2) is 15.0 Å². The molecular weight excluding hydrogens is 320 g/mol. The van der Waals surface area contributed by atoms with Gasteiger partial charge in [-0.3, -0.25) is 4.98 Å². The van der Waals surface area contributed by atoms with E-state index < -0.39 is 0 Å². The lowest BCUT2D eigenvalue weighted by molar-refractivity contribution is 1.17. The van der Waals surface area contributed by atoms with E-state index in [1.54, 1.807) is 12.4 Å². The lowest BCUT2D eigenvalue weighted by atomic mass is 10.1. The third-order valence-corrected chi connectivity index (χ3v) is 3.90. The molecule has 0 atom stereocenters. The van der Waals surface area contributed by atoms with Gasteiger partial charge < -0.3 is 5.32 Å². The Hall–Kier alpha value is -2.98. The molecule has 1 N–H and O–H groups in total. The molecule has 2 aromatic carbocycles. The maximum atomic E-state index is 6.02. The Bertz CT molecular complexity index is 1010. The largest absolute Gasteiger partial charge is 0.324 e. The van der Waals surface area contributed by atoms with E-state index in [1.807, 2.05) is 60.7 Å². The molecule has 0 saturated heterocycles. The molecule has 24 heavy (non-hydrogen) atoms. The molecule has 4 rings (SSSR count). The summed E-state index contributed by atoms with van der Waals surface area (Å²) in [5.41, 5.74) is 3.66. The van der Waals surface area contributed by atoms with E-state index in [2.05, 4.69) is 20.3 Å². The van der Waals surface area contributed by atoms with Gasteiger partial charge in [-0.05, 0) is 36.4 Å². The number of benzene rings is 2. The summed E-state index contributed by atoms with van der Waals surface area (Å²) in [5, 5.41) is 4.91. The summed E-state index contributed by atoms with van der Waals surface area (Å²) in [6.45, 7) is 0. The number of para-hydroxylation sites is 1. The van der Waals surface area contributed by atoms with Gasteiger partial charge in [0.1, 0.15) is 0 Å². The van der Waals surface area contributed by atoms with Gasteiger partial charge >= 0.3 is 0 Å². The maximum absolute atomic E-state index is 6.02. The molecule has 5 heteroatoms. The smallest absolute Gasteiger partial charge is 0.227 e. The molecule has 0 saturated carbocycles. The van der Waals surface area contributed by atoms with Crippen LogP contribution in [0.1, 0.15) is 0 Å². The van der Waals surface area contributed by atoms with E-state index in [4.69, 9.17) is 11.6 Å². The normalized spacial score (nSPS) is 10.7. The second-order valence-corrected chi connectivity index (χ2v) is 5.71. The van der Waals surface area contributed by atoms with Crippen LogP contribution in [0.3, 0.4) is 0 Å². The van der Waals surface area contributed by atoms with Crippen molar-refractivity contribution in [3.8, 4) is 11.3 Å². The van der Waals surface area contributed by atoms with E-state index in [0.29, 0.717) is 11.0 Å². The predicted molar refractivity (Wildman–Crippen MR) is 97.5 cm³/mol. The molecule has 4 aromatic rings. The molecule has 4 nitrogen and oxygen atoms in total. The second-order valence-electron chi connectivity index (χ2n) is 5.28. The number of aromatic nitrogens is 3. The standard InChI is InChI=1S/C19H13ClN4/c20-13-4-3-5-14(12-13)23-19-22-11-9-18(24-19)16-8-10-21-17-7-2-1-6-15(16)17/h1-12H,(H,22,23,24). The average molecular weight is 333 g/mol. The molecular formula is C19H13ClN4. The van der Waals surface area contributed by atoms with Gasteiger partial charge in [0.2, 0.25) is 5.95 Å². The fourth-order valence-corrected chi connectivity index (χ4v) is 2.77. The minimum Gasteiger partial charge on any atom is -0.324 e. The number of halogens is 1. The zero-order chi connectivity index (χ0) is 16.4. The fraction of sp³-hybridized carbons (Fsp3) is 0. The van der Waals surface area contributed by atoms with Crippen molar-refractivity contribution < 1.29 is 0 Å². The Morgan fingerprint density at radius 1 is 0.833 bits per heavy atom. The van der Waals surface area contributed by atoms with Crippen molar-refractivity contribution in [2.24, 2.45) is 0 Å². The van der Waals surface area contributed by atoms with Gasteiger partial charge in [0.05, 0.1) is 11.2 Å². The van der Waals surface area contributed by atoms with Crippen molar-refractivity contribution >= 4 is 34.1 Å². The van der Waals surface area contributed by atoms with Gasteiger partial charge in [-0.15, -0.1) is 0 Å². The molecule has 116 valence electrons. The first-order chi connectivity index (χ1) is 11.8. The summed E-state index contributed by atoms with van der Waals surface area (Å²) in [5.74, 6) is 0.524. The first-order valence-electron chi connectivity index (χ1n) is 7.49. The first-order valence-corrected chi connectivity index (χ1v) is 7.87. The number of hydrogen-bond acceptors (Lipinski definition) is 4. The minimum absolute atomic E-state index is 0.524. The molecule has 0 aliphatic rings. The van der Waals surface area contributed by atoms with Crippen molar-refractivity contribution in [3.63, 3.8) is 0 Å². The lowest BCUT2D eigenvalue weighted by Gasteiger charge is -2.08. The van der Waals surface area contributed by atoms with Gasteiger partial charge in [0, 0.05) is 34.1 Å². The van der Waals surface area contributed by atoms with E-state index in [1.165, 1.54) is 0 Å². The molecule has 0 unspecified atom stereocenters. The molecule has 0 spiro atoms. The molecule has 0 aliphatic carbocycles. The number of anilines is 2. The molecule has 0 aliphatic heterocycles. The monoisotopic (exact) mass is 332 g/mol. The Labute approximate surface area is 144 Å². The SMILES string of the molecule is Clc1cccc(Nc2nccc(-c3ccnc4ccccc34)n2)c1. The summed E-state index contributed by atoms with van der Waals surface area (Å²) in [4.78, 5) is 13.3. The minimum atomic E-state index is 0.524. The summed E-state index contributed by atoms with van der Waals surface area (Å²) in [6.07, 6.45) is 3.54. The number of hydrogen-bond donors (Lipinski definition) is 1. The Balaban J connectivity index is 1.74. The predicted octanol–water partition coefficient (Wildman–Crippen LogP) is 5.09. The highest BCUT2D eigenvalue weighted by molar-refractivity contribution is 6.30. The van der Waals surface area contributed by atoms with Crippen molar-refractivity contribution in [2.75, 3.05) is 5.32 Å². The van der Waals surface area contributed by atoms with E-state index in [0.717, 1.165) is 27.8 Å². The number of nitrogens with one attached hydrogen (secondary N) is 1. The quantitative estimate of drug-likeness (QED) is 0.567. The van der Waals surface area contributed by atoms with Crippen molar-refractivity contribution in [2.45, 2.75) is 0 Å². The van der Waals surface area contributed by atoms with Gasteiger partial charge in [-0.1, -0.05) is 35.9 Å². The zero-order valence-electron chi connectivity index (χ0n) is 12.6. The van der Waals surface area contributed by atoms with Gasteiger partial charge in [0.25, 0.3) is 0 Å². The highest BCUT2D eigenvalue weighted by Gasteiger charge is 2.07. The van der Waals surface area contributed by atoms with Crippen LogP contribution in [0.5, 0.6) is 0 Å². The molecule has 2 aromatic heterocycles. The first kappa shape index (κ1) is 14.6. The molecule has 0 bridgehead atoms. The van der Waals surface area contributed by atoms with Crippen molar-refractivity contribution in [3.05, 3.63) is 78.1 Å². The highest BCUT2D eigenvalue weighted by atomic mass is 35.5. The second kappa shape index (κ2) is 6.26. The van der Waals surface area contributed by atoms with Crippen molar-refractivity contribution in [1.29, 1.82) is 0 Å². The van der Waals surface area contributed by atoms with Gasteiger partial charge in [0.15, 0.2) is 0 Å². The molecule has 0 radical (unpaired) electrons.